The van der Waals surface area contributed by atoms with Crippen LogP contribution in [-0.2, 0) is 6.42 Å². The van der Waals surface area contributed by atoms with Gasteiger partial charge >= 0.3 is 0 Å². The van der Waals surface area contributed by atoms with E-state index in [2.05, 4.69) is 10.3 Å². The van der Waals surface area contributed by atoms with Crippen molar-refractivity contribution in [1.29, 1.82) is 0 Å². The Balaban J connectivity index is 1.49. The number of fused-ring (bicyclic) bond motifs is 1. The van der Waals surface area contributed by atoms with Crippen LogP contribution in [0.3, 0.4) is 0 Å². The van der Waals surface area contributed by atoms with Crippen LogP contribution >= 0.6 is 23.2 Å². The van der Waals surface area contributed by atoms with Crippen molar-refractivity contribution in [3.05, 3.63) is 63.8 Å². The van der Waals surface area contributed by atoms with Crippen LogP contribution in [-0.4, -0.2) is 29.7 Å². The number of halogens is 2. The van der Waals surface area contributed by atoms with Gasteiger partial charge in [0.25, 0.3) is 0 Å². The van der Waals surface area contributed by atoms with Crippen LogP contribution < -0.4 is 11.1 Å². The minimum Gasteiger partial charge on any atom is -0.508 e. The Labute approximate surface area is 163 Å². The molecule has 1 aromatic heterocycles. The number of aromatic amines is 1. The van der Waals surface area contributed by atoms with Gasteiger partial charge in [-0.2, -0.15) is 0 Å². The zero-order chi connectivity index (χ0) is 18.5. The van der Waals surface area contributed by atoms with E-state index in [9.17, 15) is 5.11 Å². The molecule has 0 fully saturated rings. The van der Waals surface area contributed by atoms with Crippen molar-refractivity contribution in [3.63, 3.8) is 0 Å². The lowest BCUT2D eigenvalue weighted by Crippen LogP contribution is -2.23. The van der Waals surface area contributed by atoms with Gasteiger partial charge in [0.1, 0.15) is 5.75 Å². The van der Waals surface area contributed by atoms with Crippen molar-refractivity contribution in [2.24, 2.45) is 5.73 Å². The van der Waals surface area contributed by atoms with E-state index in [0.29, 0.717) is 16.6 Å². The normalized spacial score (nSPS) is 12.6. The number of nitrogens with one attached hydrogen (secondary N) is 2. The molecule has 0 aliphatic carbocycles. The maximum Gasteiger partial charge on any atom is 0.117 e. The topological polar surface area (TPSA) is 74.1 Å². The van der Waals surface area contributed by atoms with Gasteiger partial charge in [0.05, 0.1) is 10.0 Å². The van der Waals surface area contributed by atoms with Gasteiger partial charge in [-0.05, 0) is 73.8 Å². The molecule has 26 heavy (non-hydrogen) atoms. The first kappa shape index (κ1) is 19.1. The molecule has 5 N–H and O–H groups in total. The van der Waals surface area contributed by atoms with Gasteiger partial charge in [-0.1, -0.05) is 29.3 Å². The molecule has 3 rings (SSSR count). The van der Waals surface area contributed by atoms with Crippen molar-refractivity contribution in [2.45, 2.75) is 18.8 Å². The number of phenols is 1. The predicted octanol–water partition coefficient (Wildman–Crippen LogP) is 4.45. The Bertz CT molecular complexity index is 879. The van der Waals surface area contributed by atoms with Gasteiger partial charge in [-0.3, -0.25) is 0 Å². The minimum absolute atomic E-state index is 0.258. The summed E-state index contributed by atoms with van der Waals surface area (Å²) in [5.74, 6) is 0.535. The van der Waals surface area contributed by atoms with Crippen molar-refractivity contribution in [3.8, 4) is 5.75 Å². The Kier molecular flexibility index (Phi) is 6.43. The summed E-state index contributed by atoms with van der Waals surface area (Å²) in [5, 5.41) is 15.3. The average Bonchev–Trinajstić information content (AvgIpc) is 3.02. The molecule has 1 heterocycles. The lowest BCUT2D eigenvalue weighted by atomic mass is 9.96. The second-order valence-corrected chi connectivity index (χ2v) is 7.25. The maximum absolute atomic E-state index is 9.53. The van der Waals surface area contributed by atoms with Crippen LogP contribution in [0.1, 0.15) is 23.5 Å². The number of H-pyrrole nitrogens is 1. The lowest BCUT2D eigenvalue weighted by Gasteiger charge is -2.16. The molecule has 0 bridgehead atoms. The highest BCUT2D eigenvalue weighted by Gasteiger charge is 2.11. The molecule has 0 radical (unpaired) electrons. The third-order valence-corrected chi connectivity index (χ3v) is 5.43. The molecule has 1 atom stereocenters. The second-order valence-electron chi connectivity index (χ2n) is 6.44. The van der Waals surface area contributed by atoms with Gasteiger partial charge in [-0.25, -0.2) is 0 Å². The zero-order valence-corrected chi connectivity index (χ0v) is 15.9. The standard InChI is InChI=1S/C20H23Cl2N3O/c21-18-4-1-13(9-19(18)22)14(11-23)5-7-24-8-6-15-12-25-20-10-16(26)2-3-17(15)20/h1-4,9-10,12,14,24-26H,5-8,11,23H2. The van der Waals surface area contributed by atoms with E-state index >= 15 is 0 Å². The number of rotatable bonds is 8. The number of aromatic nitrogens is 1. The highest BCUT2D eigenvalue weighted by Crippen LogP contribution is 2.27. The minimum atomic E-state index is 0.258. The molecule has 1 unspecified atom stereocenters. The second kappa shape index (κ2) is 8.78. The summed E-state index contributed by atoms with van der Waals surface area (Å²) in [6.07, 6.45) is 3.87. The number of hydrogen-bond acceptors (Lipinski definition) is 3. The Morgan fingerprint density at radius 3 is 2.69 bits per heavy atom. The zero-order valence-electron chi connectivity index (χ0n) is 14.4. The van der Waals surface area contributed by atoms with E-state index in [-0.39, 0.29) is 11.7 Å². The van der Waals surface area contributed by atoms with E-state index in [4.69, 9.17) is 28.9 Å². The molecule has 3 aromatic rings. The monoisotopic (exact) mass is 391 g/mol. The van der Waals surface area contributed by atoms with Crippen LogP contribution in [0.5, 0.6) is 5.75 Å². The van der Waals surface area contributed by atoms with Crippen molar-refractivity contribution in [2.75, 3.05) is 19.6 Å². The van der Waals surface area contributed by atoms with Crippen molar-refractivity contribution >= 4 is 34.1 Å². The number of nitrogens with two attached hydrogens (primary N) is 1. The van der Waals surface area contributed by atoms with E-state index in [1.54, 1.807) is 12.1 Å². The van der Waals surface area contributed by atoms with Gasteiger partial charge in [0, 0.05) is 23.2 Å². The molecule has 0 spiro atoms. The third kappa shape index (κ3) is 4.51. The van der Waals surface area contributed by atoms with Gasteiger partial charge in [0.15, 0.2) is 0 Å². The quantitative estimate of drug-likeness (QED) is 0.428. The molecular formula is C20H23Cl2N3O. The summed E-state index contributed by atoms with van der Waals surface area (Å²) in [6, 6.07) is 11.1. The predicted molar refractivity (Wildman–Crippen MR) is 109 cm³/mol. The highest BCUT2D eigenvalue weighted by atomic mass is 35.5. The Morgan fingerprint density at radius 1 is 1.08 bits per heavy atom. The molecule has 0 aliphatic rings. The number of benzene rings is 2. The maximum atomic E-state index is 9.53. The van der Waals surface area contributed by atoms with Gasteiger partial charge in [0.2, 0.25) is 0 Å². The van der Waals surface area contributed by atoms with E-state index in [1.807, 2.05) is 30.5 Å². The lowest BCUT2D eigenvalue weighted by molar-refractivity contribution is 0.476. The van der Waals surface area contributed by atoms with Crippen LogP contribution in [0.2, 0.25) is 10.0 Å². The third-order valence-electron chi connectivity index (χ3n) is 4.69. The largest absolute Gasteiger partial charge is 0.508 e. The molecule has 2 aromatic carbocycles. The Morgan fingerprint density at radius 2 is 1.92 bits per heavy atom. The summed E-state index contributed by atoms with van der Waals surface area (Å²) in [6.45, 7) is 2.34. The highest BCUT2D eigenvalue weighted by molar-refractivity contribution is 6.42. The first-order valence-corrected chi connectivity index (χ1v) is 9.48. The first-order chi connectivity index (χ1) is 12.6. The number of hydrogen-bond donors (Lipinski definition) is 4. The first-order valence-electron chi connectivity index (χ1n) is 8.73. The molecule has 0 saturated heterocycles. The summed E-state index contributed by atoms with van der Waals surface area (Å²) >= 11 is 12.1. The van der Waals surface area contributed by atoms with Crippen LogP contribution in [0.25, 0.3) is 10.9 Å². The molecule has 138 valence electrons. The number of phenolic OH excluding ortho intramolecular Hbond substituents is 1. The van der Waals surface area contributed by atoms with Crippen LogP contribution in [0.15, 0.2) is 42.6 Å². The fourth-order valence-electron chi connectivity index (χ4n) is 3.19. The van der Waals surface area contributed by atoms with E-state index in [1.165, 1.54) is 5.56 Å². The molecule has 0 amide bonds. The fourth-order valence-corrected chi connectivity index (χ4v) is 3.50. The van der Waals surface area contributed by atoms with Crippen LogP contribution in [0, 0.1) is 0 Å². The molecule has 0 saturated carbocycles. The van der Waals surface area contributed by atoms with Gasteiger partial charge < -0.3 is 21.1 Å². The van der Waals surface area contributed by atoms with Crippen molar-refractivity contribution < 1.29 is 5.11 Å². The fraction of sp³-hybridized carbons (Fsp3) is 0.300. The molecule has 4 nitrogen and oxygen atoms in total. The summed E-state index contributed by atoms with van der Waals surface area (Å²) in [7, 11) is 0. The van der Waals surface area contributed by atoms with Gasteiger partial charge in [-0.15, -0.1) is 0 Å². The SMILES string of the molecule is NCC(CCNCCc1c[nH]c2cc(O)ccc12)c1ccc(Cl)c(Cl)c1. The summed E-state index contributed by atoms with van der Waals surface area (Å²) < 4.78 is 0. The Hall–Kier alpha value is -1.72. The summed E-state index contributed by atoms with van der Waals surface area (Å²) in [4.78, 5) is 3.20. The van der Waals surface area contributed by atoms with E-state index in [0.717, 1.165) is 42.4 Å². The molecule has 0 aliphatic heterocycles. The van der Waals surface area contributed by atoms with Crippen LogP contribution in [0.4, 0.5) is 0 Å². The van der Waals surface area contributed by atoms with Crippen molar-refractivity contribution in [1.82, 2.24) is 10.3 Å². The van der Waals surface area contributed by atoms with E-state index < -0.39 is 0 Å². The number of aromatic hydroxyl groups is 1. The smallest absolute Gasteiger partial charge is 0.117 e. The molecule has 6 heteroatoms. The average molecular weight is 392 g/mol. The summed E-state index contributed by atoms with van der Waals surface area (Å²) in [5.41, 5.74) is 9.26. The molecular weight excluding hydrogens is 369 g/mol.